The third-order valence-corrected chi connectivity index (χ3v) is 2.73. The smallest absolute Gasteiger partial charge is 0.158 e. The van der Waals surface area contributed by atoms with Gasteiger partial charge in [0.25, 0.3) is 0 Å². The molecule has 0 saturated carbocycles. The molecule has 2 rings (SSSR count). The van der Waals surface area contributed by atoms with Crippen LogP contribution in [0.3, 0.4) is 0 Å². The highest BCUT2D eigenvalue weighted by Crippen LogP contribution is 2.22. The third kappa shape index (κ3) is 4.12. The van der Waals surface area contributed by atoms with E-state index in [9.17, 15) is 4.39 Å². The Balaban J connectivity index is 2.27. The summed E-state index contributed by atoms with van der Waals surface area (Å²) in [6.45, 7) is 2.64. The van der Waals surface area contributed by atoms with E-state index in [1.165, 1.54) is 18.2 Å². The molecule has 2 aromatic rings. The van der Waals surface area contributed by atoms with Crippen LogP contribution in [-0.2, 0) is 11.3 Å². The summed E-state index contributed by atoms with van der Waals surface area (Å²) in [7, 11) is 0. The lowest BCUT2D eigenvalue weighted by atomic mass is 10.2. The molecule has 5 nitrogen and oxygen atoms in total. The fourth-order valence-corrected chi connectivity index (χ4v) is 1.84. The number of nitrogens with zero attached hydrogens (tertiary/aromatic N) is 3. The number of hydrogen-bond donors (Lipinski definition) is 1. The molecule has 1 N–H and O–H groups in total. The van der Waals surface area contributed by atoms with Gasteiger partial charge in [-0.2, -0.15) is 5.26 Å². The van der Waals surface area contributed by atoms with Crippen molar-refractivity contribution in [3.8, 4) is 6.07 Å². The van der Waals surface area contributed by atoms with Crippen molar-refractivity contribution in [3.63, 3.8) is 0 Å². The summed E-state index contributed by atoms with van der Waals surface area (Å²) in [5.41, 5.74) is 0.618. The zero-order valence-electron chi connectivity index (χ0n) is 11.2. The molecule has 0 bridgehead atoms. The van der Waals surface area contributed by atoms with E-state index >= 15 is 0 Å². The minimum absolute atomic E-state index is 0.177. The van der Waals surface area contributed by atoms with Crippen molar-refractivity contribution in [3.05, 3.63) is 46.6 Å². The van der Waals surface area contributed by atoms with Gasteiger partial charge in [0.1, 0.15) is 29.5 Å². The molecule has 21 heavy (non-hydrogen) atoms. The van der Waals surface area contributed by atoms with E-state index < -0.39 is 5.82 Å². The van der Waals surface area contributed by atoms with Crippen LogP contribution < -0.4 is 5.32 Å². The van der Waals surface area contributed by atoms with Crippen LogP contribution in [0, 0.1) is 17.1 Å². The molecule has 7 heteroatoms. The van der Waals surface area contributed by atoms with E-state index in [1.54, 1.807) is 0 Å². The molecule has 108 valence electrons. The van der Waals surface area contributed by atoms with Gasteiger partial charge in [-0.05, 0) is 25.1 Å². The van der Waals surface area contributed by atoms with Crippen LogP contribution in [0.15, 0.2) is 24.3 Å². The topological polar surface area (TPSA) is 70.8 Å². The van der Waals surface area contributed by atoms with E-state index in [0.29, 0.717) is 23.9 Å². The quantitative estimate of drug-likeness (QED) is 0.857. The Bertz CT molecular complexity index is 687. The van der Waals surface area contributed by atoms with Crippen LogP contribution in [-0.4, -0.2) is 16.6 Å². The van der Waals surface area contributed by atoms with E-state index in [-0.39, 0.29) is 17.3 Å². The second-order valence-corrected chi connectivity index (χ2v) is 4.44. The first-order valence-electron chi connectivity index (χ1n) is 6.20. The van der Waals surface area contributed by atoms with Crippen molar-refractivity contribution >= 4 is 23.1 Å². The van der Waals surface area contributed by atoms with E-state index in [4.69, 9.17) is 21.6 Å². The highest BCUT2D eigenvalue weighted by atomic mass is 35.5. The monoisotopic (exact) mass is 306 g/mol. The molecule has 1 aromatic carbocycles. The summed E-state index contributed by atoms with van der Waals surface area (Å²) in [5, 5.41) is 12.2. The number of hydrogen-bond acceptors (Lipinski definition) is 5. The summed E-state index contributed by atoms with van der Waals surface area (Å²) in [5.74, 6) is 0.357. The summed E-state index contributed by atoms with van der Waals surface area (Å²) < 4.78 is 18.3. The molecular weight excluding hydrogens is 295 g/mol. The summed E-state index contributed by atoms with van der Waals surface area (Å²) in [4.78, 5) is 8.26. The molecule has 1 heterocycles. The lowest BCUT2D eigenvalue weighted by Gasteiger charge is -2.09. The largest absolute Gasteiger partial charge is 0.374 e. The van der Waals surface area contributed by atoms with E-state index in [0.717, 1.165) is 6.07 Å². The van der Waals surface area contributed by atoms with Crippen LogP contribution in [0.5, 0.6) is 0 Å². The van der Waals surface area contributed by atoms with Gasteiger partial charge in [-0.1, -0.05) is 11.6 Å². The number of aromatic nitrogens is 2. The van der Waals surface area contributed by atoms with Gasteiger partial charge in [-0.25, -0.2) is 14.4 Å². The standard InChI is InChI=1S/C14H12ClFN4O/c1-2-21-8-14-19-12(15)6-13(20-14)18-11-4-3-10(16)5-9(11)7-17/h3-6H,2,8H2,1H3,(H,18,19,20). The summed E-state index contributed by atoms with van der Waals surface area (Å²) in [6.07, 6.45) is 0. The van der Waals surface area contributed by atoms with Gasteiger partial charge in [-0.15, -0.1) is 0 Å². The first-order chi connectivity index (χ1) is 10.1. The van der Waals surface area contributed by atoms with Crippen molar-refractivity contribution in [1.82, 2.24) is 9.97 Å². The van der Waals surface area contributed by atoms with Crippen LogP contribution in [0.25, 0.3) is 0 Å². The number of nitrogens with one attached hydrogen (secondary N) is 1. The summed E-state index contributed by atoms with van der Waals surface area (Å²) >= 11 is 5.92. The first-order valence-corrected chi connectivity index (χ1v) is 6.58. The minimum Gasteiger partial charge on any atom is -0.374 e. The molecule has 0 atom stereocenters. The zero-order chi connectivity index (χ0) is 15.2. The third-order valence-electron chi connectivity index (χ3n) is 2.54. The predicted octanol–water partition coefficient (Wildman–Crippen LogP) is 3.42. The first kappa shape index (κ1) is 15.2. The van der Waals surface area contributed by atoms with Gasteiger partial charge in [0.05, 0.1) is 11.3 Å². The molecular formula is C14H12ClFN4O. The number of rotatable bonds is 5. The van der Waals surface area contributed by atoms with Crippen LogP contribution >= 0.6 is 11.6 Å². The number of anilines is 2. The average Bonchev–Trinajstić information content (AvgIpc) is 2.46. The van der Waals surface area contributed by atoms with Gasteiger partial charge in [0.2, 0.25) is 0 Å². The fourth-order valence-electron chi connectivity index (χ4n) is 1.64. The molecule has 0 aliphatic carbocycles. The van der Waals surface area contributed by atoms with Gasteiger partial charge in [-0.3, -0.25) is 0 Å². The van der Waals surface area contributed by atoms with Crippen LogP contribution in [0.2, 0.25) is 5.15 Å². The van der Waals surface area contributed by atoms with Gasteiger partial charge < -0.3 is 10.1 Å². The van der Waals surface area contributed by atoms with Crippen molar-refractivity contribution < 1.29 is 9.13 Å². The Morgan fingerprint density at radius 3 is 2.90 bits per heavy atom. The van der Waals surface area contributed by atoms with Crippen molar-refractivity contribution in [1.29, 1.82) is 5.26 Å². The Labute approximate surface area is 126 Å². The van der Waals surface area contributed by atoms with Crippen LogP contribution in [0.4, 0.5) is 15.9 Å². The van der Waals surface area contributed by atoms with E-state index in [1.807, 2.05) is 13.0 Å². The highest BCUT2D eigenvalue weighted by molar-refractivity contribution is 6.29. The Kier molecular flexibility index (Phi) is 5.04. The summed E-state index contributed by atoms with van der Waals surface area (Å²) in [6, 6.07) is 7.30. The SMILES string of the molecule is CCOCc1nc(Cl)cc(Nc2ccc(F)cc2C#N)n1. The second kappa shape index (κ2) is 6.97. The normalized spacial score (nSPS) is 10.2. The average molecular weight is 307 g/mol. The molecule has 0 spiro atoms. The molecule has 0 amide bonds. The Morgan fingerprint density at radius 2 is 2.19 bits per heavy atom. The predicted molar refractivity (Wildman–Crippen MR) is 76.8 cm³/mol. The van der Waals surface area contributed by atoms with E-state index in [2.05, 4.69) is 15.3 Å². The van der Waals surface area contributed by atoms with Crippen molar-refractivity contribution in [2.75, 3.05) is 11.9 Å². The van der Waals surface area contributed by atoms with Gasteiger partial charge >= 0.3 is 0 Å². The maximum atomic E-state index is 13.1. The minimum atomic E-state index is -0.477. The molecule has 0 aliphatic rings. The van der Waals surface area contributed by atoms with Gasteiger partial charge in [0.15, 0.2) is 5.82 Å². The fraction of sp³-hybridized carbons (Fsp3) is 0.214. The zero-order valence-corrected chi connectivity index (χ0v) is 12.0. The lowest BCUT2D eigenvalue weighted by Crippen LogP contribution is -2.03. The molecule has 0 aliphatic heterocycles. The number of ether oxygens (including phenoxy) is 1. The molecule has 0 radical (unpaired) electrons. The van der Waals surface area contributed by atoms with Gasteiger partial charge in [0, 0.05) is 12.7 Å². The molecule has 1 aromatic heterocycles. The number of halogens is 2. The maximum Gasteiger partial charge on any atom is 0.158 e. The maximum absolute atomic E-state index is 13.1. The molecule has 0 saturated heterocycles. The lowest BCUT2D eigenvalue weighted by molar-refractivity contribution is 0.128. The van der Waals surface area contributed by atoms with Crippen LogP contribution in [0.1, 0.15) is 18.3 Å². The molecule has 0 unspecified atom stereocenters. The molecule has 0 fully saturated rings. The number of benzene rings is 1. The Hall–Kier alpha value is -2.23. The second-order valence-electron chi connectivity index (χ2n) is 4.06. The number of nitriles is 1. The van der Waals surface area contributed by atoms with Crippen molar-refractivity contribution in [2.45, 2.75) is 13.5 Å². The Morgan fingerprint density at radius 1 is 1.38 bits per heavy atom. The van der Waals surface area contributed by atoms with Crippen molar-refractivity contribution in [2.24, 2.45) is 0 Å². The highest BCUT2D eigenvalue weighted by Gasteiger charge is 2.08.